The largest absolute Gasteiger partial charge is 0.426 e. The van der Waals surface area contributed by atoms with E-state index in [-0.39, 0.29) is 17.4 Å². The molecule has 3 atom stereocenters. The van der Waals surface area contributed by atoms with Crippen molar-refractivity contribution in [2.75, 3.05) is 0 Å². The summed E-state index contributed by atoms with van der Waals surface area (Å²) in [4.78, 5) is 12.4. The number of fused-ring (bicyclic) bond motifs is 3. The summed E-state index contributed by atoms with van der Waals surface area (Å²) in [7, 11) is 0. The number of esters is 1. The van der Waals surface area contributed by atoms with Crippen LogP contribution < -0.4 is 10.1 Å². The van der Waals surface area contributed by atoms with E-state index < -0.39 is 0 Å². The van der Waals surface area contributed by atoms with Crippen LogP contribution in [0.2, 0.25) is 0 Å². The Morgan fingerprint density at radius 3 is 3.05 bits per heavy atom. The zero-order valence-electron chi connectivity index (χ0n) is 11.0. The molecule has 0 radical (unpaired) electrons. The van der Waals surface area contributed by atoms with Crippen LogP contribution in [0, 0.1) is 5.92 Å². The molecule has 2 bridgehead atoms. The molecule has 4 rings (SSSR count). The minimum Gasteiger partial charge on any atom is -0.426 e. The predicted octanol–water partition coefficient (Wildman–Crippen LogP) is 2.44. The summed E-state index contributed by atoms with van der Waals surface area (Å²) in [5, 5.41) is 3.73. The SMILES string of the molecule is O=C1Oc2ccccc2CC1C12CCCC(CC1)N2. The molecule has 0 aromatic heterocycles. The molecule has 3 aliphatic rings. The highest BCUT2D eigenvalue weighted by atomic mass is 16.5. The number of benzene rings is 1. The number of carbonyl (C=O) groups excluding carboxylic acids is 1. The van der Waals surface area contributed by atoms with Crippen molar-refractivity contribution in [1.29, 1.82) is 0 Å². The molecule has 0 saturated carbocycles. The van der Waals surface area contributed by atoms with Crippen LogP contribution in [0.15, 0.2) is 24.3 Å². The third-order valence-corrected chi connectivity index (χ3v) is 5.16. The van der Waals surface area contributed by atoms with E-state index in [0.29, 0.717) is 6.04 Å². The van der Waals surface area contributed by atoms with Gasteiger partial charge in [-0.05, 0) is 43.7 Å². The number of rotatable bonds is 1. The van der Waals surface area contributed by atoms with Crippen LogP contribution in [0.4, 0.5) is 0 Å². The van der Waals surface area contributed by atoms with Gasteiger partial charge in [-0.25, -0.2) is 0 Å². The van der Waals surface area contributed by atoms with Crippen LogP contribution in [-0.2, 0) is 11.2 Å². The molecule has 3 aliphatic heterocycles. The standard InChI is InChI=1S/C16H19NO2/c18-15-13(10-11-4-1-2-6-14(11)19-15)16-8-3-5-12(17-16)7-9-16/h1-2,4,6,12-13,17H,3,5,7-10H2. The molecule has 3 unspecified atom stereocenters. The lowest BCUT2D eigenvalue weighted by Gasteiger charge is -2.41. The number of piperidine rings is 1. The summed E-state index contributed by atoms with van der Waals surface area (Å²) in [5.74, 6) is 0.715. The van der Waals surface area contributed by atoms with Crippen molar-refractivity contribution in [1.82, 2.24) is 5.32 Å². The lowest BCUT2D eigenvalue weighted by Crippen LogP contribution is -2.56. The quantitative estimate of drug-likeness (QED) is 0.620. The van der Waals surface area contributed by atoms with Crippen molar-refractivity contribution in [3.05, 3.63) is 29.8 Å². The third kappa shape index (κ3) is 1.71. The smallest absolute Gasteiger partial charge is 0.316 e. The molecule has 1 aromatic rings. The average Bonchev–Trinajstić information content (AvgIpc) is 2.74. The topological polar surface area (TPSA) is 38.3 Å². The van der Waals surface area contributed by atoms with Crippen LogP contribution in [0.3, 0.4) is 0 Å². The minimum absolute atomic E-state index is 0.00676. The van der Waals surface area contributed by atoms with Crippen LogP contribution >= 0.6 is 0 Å². The zero-order chi connectivity index (χ0) is 12.9. The second-order valence-corrected chi connectivity index (χ2v) is 6.21. The van der Waals surface area contributed by atoms with E-state index in [1.165, 1.54) is 24.8 Å². The van der Waals surface area contributed by atoms with E-state index >= 15 is 0 Å². The molecule has 0 spiro atoms. The maximum absolute atomic E-state index is 12.4. The molecule has 100 valence electrons. The van der Waals surface area contributed by atoms with Gasteiger partial charge < -0.3 is 10.1 Å². The molecule has 2 fully saturated rings. The van der Waals surface area contributed by atoms with Gasteiger partial charge in [-0.15, -0.1) is 0 Å². The van der Waals surface area contributed by atoms with E-state index in [2.05, 4.69) is 11.4 Å². The lowest BCUT2D eigenvalue weighted by atomic mass is 9.74. The van der Waals surface area contributed by atoms with Gasteiger partial charge in [0.05, 0.1) is 5.92 Å². The summed E-state index contributed by atoms with van der Waals surface area (Å²) in [6, 6.07) is 8.56. The number of nitrogens with one attached hydrogen (secondary N) is 1. The molecule has 3 heteroatoms. The van der Waals surface area contributed by atoms with Gasteiger partial charge in [-0.3, -0.25) is 4.79 Å². The third-order valence-electron chi connectivity index (χ3n) is 5.16. The van der Waals surface area contributed by atoms with Gasteiger partial charge in [0.15, 0.2) is 0 Å². The Balaban J connectivity index is 1.67. The van der Waals surface area contributed by atoms with Gasteiger partial charge in [0.25, 0.3) is 0 Å². The Bertz CT molecular complexity index is 523. The van der Waals surface area contributed by atoms with Crippen molar-refractivity contribution in [3.63, 3.8) is 0 Å². The second-order valence-electron chi connectivity index (χ2n) is 6.21. The highest BCUT2D eigenvalue weighted by Crippen LogP contribution is 2.44. The van der Waals surface area contributed by atoms with Crippen molar-refractivity contribution < 1.29 is 9.53 Å². The van der Waals surface area contributed by atoms with Gasteiger partial charge in [-0.2, -0.15) is 0 Å². The van der Waals surface area contributed by atoms with Gasteiger partial charge in [0, 0.05) is 11.6 Å². The maximum atomic E-state index is 12.4. The summed E-state index contributed by atoms with van der Waals surface area (Å²) in [6.07, 6.45) is 6.79. The maximum Gasteiger partial charge on any atom is 0.316 e. The monoisotopic (exact) mass is 257 g/mol. The fourth-order valence-electron chi connectivity index (χ4n) is 4.19. The van der Waals surface area contributed by atoms with Crippen LogP contribution in [-0.4, -0.2) is 17.6 Å². The lowest BCUT2D eigenvalue weighted by molar-refractivity contribution is -0.143. The summed E-state index contributed by atoms with van der Waals surface area (Å²) >= 11 is 0. The van der Waals surface area contributed by atoms with E-state index in [9.17, 15) is 4.79 Å². The molecule has 1 aromatic carbocycles. The number of carbonyl (C=O) groups is 1. The fourth-order valence-corrected chi connectivity index (χ4v) is 4.19. The Hall–Kier alpha value is -1.35. The first-order valence-corrected chi connectivity index (χ1v) is 7.34. The number of ether oxygens (including phenoxy) is 1. The number of hydrogen-bond donors (Lipinski definition) is 1. The predicted molar refractivity (Wildman–Crippen MR) is 72.0 cm³/mol. The molecular formula is C16H19NO2. The highest BCUT2D eigenvalue weighted by molar-refractivity contribution is 5.79. The first-order valence-electron chi connectivity index (χ1n) is 7.34. The minimum atomic E-state index is -0.0336. The molecule has 3 nitrogen and oxygen atoms in total. The van der Waals surface area contributed by atoms with Crippen LogP contribution in [0.1, 0.15) is 37.7 Å². The van der Waals surface area contributed by atoms with Crippen LogP contribution in [0.5, 0.6) is 5.75 Å². The number of hydrogen-bond acceptors (Lipinski definition) is 3. The van der Waals surface area contributed by atoms with Gasteiger partial charge >= 0.3 is 5.97 Å². The summed E-state index contributed by atoms with van der Waals surface area (Å²) in [6.45, 7) is 0. The van der Waals surface area contributed by atoms with Gasteiger partial charge in [0.2, 0.25) is 0 Å². The highest BCUT2D eigenvalue weighted by Gasteiger charge is 2.51. The van der Waals surface area contributed by atoms with E-state index in [0.717, 1.165) is 25.0 Å². The van der Waals surface area contributed by atoms with E-state index in [1.54, 1.807) is 0 Å². The summed E-state index contributed by atoms with van der Waals surface area (Å²) < 4.78 is 5.56. The zero-order valence-corrected chi connectivity index (χ0v) is 11.0. The van der Waals surface area contributed by atoms with Crippen molar-refractivity contribution in [2.45, 2.75) is 50.1 Å². The molecule has 2 saturated heterocycles. The van der Waals surface area contributed by atoms with E-state index in [1.807, 2.05) is 18.2 Å². The Labute approximate surface area is 113 Å². The van der Waals surface area contributed by atoms with E-state index in [4.69, 9.17) is 4.74 Å². The Morgan fingerprint density at radius 2 is 2.11 bits per heavy atom. The van der Waals surface area contributed by atoms with Gasteiger partial charge in [-0.1, -0.05) is 24.6 Å². The molecule has 1 N–H and O–H groups in total. The first-order chi connectivity index (χ1) is 9.27. The Morgan fingerprint density at radius 1 is 1.21 bits per heavy atom. The van der Waals surface area contributed by atoms with Crippen molar-refractivity contribution >= 4 is 5.97 Å². The molecular weight excluding hydrogens is 238 g/mol. The van der Waals surface area contributed by atoms with Crippen molar-refractivity contribution in [2.24, 2.45) is 5.92 Å². The Kier molecular flexibility index (Phi) is 2.46. The normalized spacial score (nSPS) is 36.7. The molecule has 0 aliphatic carbocycles. The fraction of sp³-hybridized carbons (Fsp3) is 0.562. The molecule has 3 heterocycles. The van der Waals surface area contributed by atoms with Crippen LogP contribution in [0.25, 0.3) is 0 Å². The van der Waals surface area contributed by atoms with Crippen molar-refractivity contribution in [3.8, 4) is 5.75 Å². The molecule has 0 amide bonds. The van der Waals surface area contributed by atoms with Gasteiger partial charge in [0.1, 0.15) is 5.75 Å². The molecule has 19 heavy (non-hydrogen) atoms. The first kappa shape index (κ1) is 11.5. The second kappa shape index (κ2) is 4.07. The summed E-state index contributed by atoms with van der Waals surface area (Å²) in [5.41, 5.74) is 1.19. The number of para-hydroxylation sites is 1. The average molecular weight is 257 g/mol.